The number of ketones is 1. The van der Waals surface area contributed by atoms with Gasteiger partial charge in [-0.3, -0.25) is 14.3 Å². The molecule has 5 nitrogen and oxygen atoms in total. The summed E-state index contributed by atoms with van der Waals surface area (Å²) in [4.78, 5) is 29.5. The summed E-state index contributed by atoms with van der Waals surface area (Å²) in [6.45, 7) is 7.60. The SMILES string of the molecule is Cc1nc2c(C)c(C(=O)c3c[nH]n(C(C)C)c3=O)ccc2s1. The zero-order chi connectivity index (χ0) is 16.0. The first-order valence-electron chi connectivity index (χ1n) is 7.11. The van der Waals surface area contributed by atoms with E-state index in [2.05, 4.69) is 10.1 Å². The molecule has 3 aromatic rings. The van der Waals surface area contributed by atoms with Crippen LogP contribution in [0.4, 0.5) is 0 Å². The Morgan fingerprint density at radius 3 is 2.64 bits per heavy atom. The van der Waals surface area contributed by atoms with Gasteiger partial charge in [-0.25, -0.2) is 4.98 Å². The van der Waals surface area contributed by atoms with Crippen LogP contribution in [-0.2, 0) is 0 Å². The number of carbonyl (C=O) groups excluding carboxylic acids is 1. The predicted octanol–water partition coefficient (Wildman–Crippen LogP) is 3.21. The summed E-state index contributed by atoms with van der Waals surface area (Å²) in [5.41, 5.74) is 2.08. The number of H-pyrrole nitrogens is 1. The van der Waals surface area contributed by atoms with Crippen molar-refractivity contribution in [2.45, 2.75) is 33.7 Å². The minimum Gasteiger partial charge on any atom is -0.302 e. The van der Waals surface area contributed by atoms with E-state index in [1.165, 1.54) is 10.9 Å². The molecule has 1 aromatic carbocycles. The van der Waals surface area contributed by atoms with Crippen molar-refractivity contribution >= 4 is 27.3 Å². The Hall–Kier alpha value is -2.21. The predicted molar refractivity (Wildman–Crippen MR) is 88.0 cm³/mol. The van der Waals surface area contributed by atoms with E-state index >= 15 is 0 Å². The Balaban J connectivity index is 2.13. The number of aromatic amines is 1. The summed E-state index contributed by atoms with van der Waals surface area (Å²) in [5.74, 6) is -0.259. The van der Waals surface area contributed by atoms with Gasteiger partial charge >= 0.3 is 0 Å². The molecule has 2 heterocycles. The first-order chi connectivity index (χ1) is 10.4. The minimum absolute atomic E-state index is 0.0150. The highest BCUT2D eigenvalue weighted by molar-refractivity contribution is 7.18. The van der Waals surface area contributed by atoms with Gasteiger partial charge in [-0.1, -0.05) is 0 Å². The van der Waals surface area contributed by atoms with Crippen molar-refractivity contribution in [2.24, 2.45) is 0 Å². The number of aromatic nitrogens is 3. The third-order valence-electron chi connectivity index (χ3n) is 3.72. The molecule has 0 radical (unpaired) electrons. The average Bonchev–Trinajstić information content (AvgIpc) is 3.01. The number of thiazole rings is 1. The third-order valence-corrected chi connectivity index (χ3v) is 4.66. The van der Waals surface area contributed by atoms with Crippen LogP contribution in [0.15, 0.2) is 23.1 Å². The van der Waals surface area contributed by atoms with Gasteiger partial charge in [0.1, 0.15) is 5.56 Å². The minimum atomic E-state index is -0.283. The molecule has 6 heteroatoms. The maximum atomic E-state index is 12.7. The summed E-state index contributed by atoms with van der Waals surface area (Å²) in [7, 11) is 0. The summed E-state index contributed by atoms with van der Waals surface area (Å²) in [6, 6.07) is 3.66. The number of hydrogen-bond donors (Lipinski definition) is 1. The van der Waals surface area contributed by atoms with Crippen LogP contribution in [0.3, 0.4) is 0 Å². The molecule has 0 saturated carbocycles. The fourth-order valence-electron chi connectivity index (χ4n) is 2.56. The lowest BCUT2D eigenvalue weighted by Crippen LogP contribution is -2.23. The molecule has 0 amide bonds. The van der Waals surface area contributed by atoms with Crippen LogP contribution in [0.1, 0.15) is 46.4 Å². The Morgan fingerprint density at radius 2 is 2.00 bits per heavy atom. The second-order valence-corrected chi connectivity index (χ2v) is 6.84. The lowest BCUT2D eigenvalue weighted by atomic mass is 10.0. The molecule has 0 aliphatic carbocycles. The Bertz CT molecular complexity index is 931. The molecule has 3 rings (SSSR count). The molecule has 0 unspecified atom stereocenters. The Labute approximate surface area is 131 Å². The summed E-state index contributed by atoms with van der Waals surface area (Å²) >= 11 is 1.60. The fourth-order valence-corrected chi connectivity index (χ4v) is 3.44. The van der Waals surface area contributed by atoms with Crippen molar-refractivity contribution in [3.63, 3.8) is 0 Å². The van der Waals surface area contributed by atoms with Gasteiger partial charge in [0, 0.05) is 17.8 Å². The zero-order valence-corrected chi connectivity index (χ0v) is 13.7. The molecular formula is C16H17N3O2S. The van der Waals surface area contributed by atoms with Crippen molar-refractivity contribution in [1.82, 2.24) is 14.8 Å². The van der Waals surface area contributed by atoms with Gasteiger partial charge in [-0.2, -0.15) is 0 Å². The molecule has 0 spiro atoms. The van der Waals surface area contributed by atoms with E-state index in [9.17, 15) is 9.59 Å². The topological polar surface area (TPSA) is 67.8 Å². The lowest BCUT2D eigenvalue weighted by molar-refractivity contribution is 0.103. The van der Waals surface area contributed by atoms with E-state index in [0.29, 0.717) is 5.56 Å². The largest absolute Gasteiger partial charge is 0.302 e. The van der Waals surface area contributed by atoms with E-state index in [0.717, 1.165) is 20.8 Å². The van der Waals surface area contributed by atoms with E-state index in [-0.39, 0.29) is 22.9 Å². The molecule has 0 aliphatic rings. The van der Waals surface area contributed by atoms with Crippen LogP contribution in [0.25, 0.3) is 10.2 Å². The first-order valence-corrected chi connectivity index (χ1v) is 7.93. The highest BCUT2D eigenvalue weighted by atomic mass is 32.1. The van der Waals surface area contributed by atoms with Crippen LogP contribution >= 0.6 is 11.3 Å². The van der Waals surface area contributed by atoms with Gasteiger partial charge in [0.2, 0.25) is 5.78 Å². The van der Waals surface area contributed by atoms with Crippen LogP contribution < -0.4 is 5.56 Å². The smallest absolute Gasteiger partial charge is 0.277 e. The number of fused-ring (bicyclic) bond motifs is 1. The van der Waals surface area contributed by atoms with Gasteiger partial charge in [-0.15, -0.1) is 11.3 Å². The quantitative estimate of drug-likeness (QED) is 0.755. The Kier molecular flexibility index (Phi) is 3.48. The Morgan fingerprint density at radius 1 is 1.27 bits per heavy atom. The highest BCUT2D eigenvalue weighted by Gasteiger charge is 2.20. The molecular weight excluding hydrogens is 298 g/mol. The number of nitrogens with one attached hydrogen (secondary N) is 1. The molecule has 0 saturated heterocycles. The van der Waals surface area contributed by atoms with Gasteiger partial charge in [-0.05, 0) is 45.4 Å². The summed E-state index contributed by atoms with van der Waals surface area (Å²) in [5, 5.41) is 3.82. The number of rotatable bonds is 3. The van der Waals surface area contributed by atoms with Crippen LogP contribution in [0, 0.1) is 13.8 Å². The molecule has 2 aromatic heterocycles. The van der Waals surface area contributed by atoms with E-state index < -0.39 is 0 Å². The van der Waals surface area contributed by atoms with Crippen molar-refractivity contribution in [1.29, 1.82) is 0 Å². The van der Waals surface area contributed by atoms with E-state index in [1.54, 1.807) is 17.4 Å². The summed E-state index contributed by atoms with van der Waals surface area (Å²) in [6.07, 6.45) is 1.49. The maximum Gasteiger partial charge on any atom is 0.277 e. The van der Waals surface area contributed by atoms with E-state index in [1.807, 2.05) is 33.8 Å². The van der Waals surface area contributed by atoms with Crippen LogP contribution in [0.5, 0.6) is 0 Å². The van der Waals surface area contributed by atoms with Crippen molar-refractivity contribution < 1.29 is 4.79 Å². The van der Waals surface area contributed by atoms with E-state index in [4.69, 9.17) is 0 Å². The van der Waals surface area contributed by atoms with Gasteiger partial charge in [0.25, 0.3) is 5.56 Å². The third kappa shape index (κ3) is 2.20. The number of hydrogen-bond acceptors (Lipinski definition) is 4. The number of nitrogens with zero attached hydrogens (tertiary/aromatic N) is 2. The van der Waals surface area contributed by atoms with Gasteiger partial charge in [0.05, 0.1) is 15.2 Å². The monoisotopic (exact) mass is 315 g/mol. The average molecular weight is 315 g/mol. The molecule has 0 atom stereocenters. The molecule has 114 valence electrons. The first kappa shape index (κ1) is 14.7. The van der Waals surface area contributed by atoms with Crippen LogP contribution in [-0.4, -0.2) is 20.5 Å². The van der Waals surface area contributed by atoms with Crippen molar-refractivity contribution in [3.05, 3.63) is 50.4 Å². The van der Waals surface area contributed by atoms with Crippen molar-refractivity contribution in [2.75, 3.05) is 0 Å². The zero-order valence-electron chi connectivity index (χ0n) is 12.9. The highest BCUT2D eigenvalue weighted by Crippen LogP contribution is 2.27. The summed E-state index contributed by atoms with van der Waals surface area (Å²) < 4.78 is 2.51. The lowest BCUT2D eigenvalue weighted by Gasteiger charge is -2.05. The second kappa shape index (κ2) is 5.21. The number of aryl methyl sites for hydroxylation is 2. The molecule has 0 aliphatic heterocycles. The number of carbonyl (C=O) groups is 1. The van der Waals surface area contributed by atoms with Gasteiger partial charge < -0.3 is 5.10 Å². The molecule has 1 N–H and O–H groups in total. The molecule has 0 bridgehead atoms. The van der Waals surface area contributed by atoms with Crippen molar-refractivity contribution in [3.8, 4) is 0 Å². The van der Waals surface area contributed by atoms with Gasteiger partial charge in [0.15, 0.2) is 0 Å². The van der Waals surface area contributed by atoms with Crippen LogP contribution in [0.2, 0.25) is 0 Å². The maximum absolute atomic E-state index is 12.7. The number of benzene rings is 1. The normalized spacial score (nSPS) is 11.5. The second-order valence-electron chi connectivity index (χ2n) is 5.60. The molecule has 0 fully saturated rings. The molecule has 22 heavy (non-hydrogen) atoms. The fraction of sp³-hybridized carbons (Fsp3) is 0.312. The standard InChI is InChI=1S/C16H17N3O2S/c1-8(2)19-16(21)12(7-17-19)15(20)11-5-6-13-14(9(11)3)18-10(4)22-13/h5-8,17H,1-4H3.